The van der Waals surface area contributed by atoms with Crippen molar-refractivity contribution < 1.29 is 13.9 Å². The van der Waals surface area contributed by atoms with Crippen molar-refractivity contribution in [1.29, 1.82) is 0 Å². The number of nitrogens with one attached hydrogen (secondary N) is 1. The second-order valence-electron chi connectivity index (χ2n) is 5.32. The molecule has 0 radical (unpaired) electrons. The molecule has 0 spiro atoms. The molecule has 2 aromatic rings. The summed E-state index contributed by atoms with van der Waals surface area (Å²) in [5, 5.41) is 3.50. The highest BCUT2D eigenvalue weighted by Crippen LogP contribution is 2.29. The Morgan fingerprint density at radius 3 is 2.52 bits per heavy atom. The van der Waals surface area contributed by atoms with E-state index in [1.807, 2.05) is 11.8 Å². The highest BCUT2D eigenvalue weighted by atomic mass is 35.5. The van der Waals surface area contributed by atoms with Gasteiger partial charge in [-0.2, -0.15) is 0 Å². The van der Waals surface area contributed by atoms with E-state index in [9.17, 15) is 9.18 Å². The van der Waals surface area contributed by atoms with Crippen molar-refractivity contribution >= 4 is 34.8 Å². The first-order valence-corrected chi connectivity index (χ1v) is 8.59. The molecule has 0 aliphatic rings. The molecule has 0 unspecified atom stereocenters. The zero-order chi connectivity index (χ0) is 18.2. The first-order chi connectivity index (χ1) is 12.0. The smallest absolute Gasteiger partial charge is 0.238 e. The van der Waals surface area contributed by atoms with Crippen LogP contribution in [-0.4, -0.2) is 37.0 Å². The fourth-order valence-electron chi connectivity index (χ4n) is 2.20. The number of hydrogen-bond donors (Lipinski definition) is 1. The van der Waals surface area contributed by atoms with Crippen molar-refractivity contribution in [3.05, 3.63) is 58.3 Å². The number of ether oxygens (including phenoxy) is 1. The topological polar surface area (TPSA) is 41.6 Å². The molecule has 2 aromatic carbocycles. The van der Waals surface area contributed by atoms with Gasteiger partial charge in [0.2, 0.25) is 5.91 Å². The summed E-state index contributed by atoms with van der Waals surface area (Å²) in [5.41, 5.74) is 0.405. The van der Waals surface area contributed by atoms with Crippen LogP contribution in [0.15, 0.2) is 42.5 Å². The Kier molecular flexibility index (Phi) is 7.50. The standard InChI is InChI=1S/C18H19Cl2FN2O2/c1-2-23(9-10-25-14-6-3-5-13(21)11-14)12-17(24)22-18-15(19)7-4-8-16(18)20/h3-8,11H,2,9-10,12H2,1H3,(H,22,24). The maximum Gasteiger partial charge on any atom is 0.238 e. The SMILES string of the molecule is CCN(CCOc1cccc(F)c1)CC(=O)Nc1c(Cl)cccc1Cl. The number of amides is 1. The van der Waals surface area contributed by atoms with Crippen LogP contribution in [0.2, 0.25) is 10.0 Å². The third-order valence-corrected chi connectivity index (χ3v) is 4.14. The van der Waals surface area contributed by atoms with E-state index < -0.39 is 0 Å². The molecule has 25 heavy (non-hydrogen) atoms. The van der Waals surface area contributed by atoms with Gasteiger partial charge in [0.25, 0.3) is 0 Å². The largest absolute Gasteiger partial charge is 0.492 e. The molecule has 1 N–H and O–H groups in total. The Hall–Kier alpha value is -1.82. The van der Waals surface area contributed by atoms with Crippen LogP contribution in [-0.2, 0) is 4.79 Å². The molecule has 0 aliphatic carbocycles. The number of halogens is 3. The molecule has 0 saturated heterocycles. The van der Waals surface area contributed by atoms with Gasteiger partial charge < -0.3 is 10.1 Å². The van der Waals surface area contributed by atoms with Crippen molar-refractivity contribution in [3.8, 4) is 5.75 Å². The van der Waals surface area contributed by atoms with Crippen LogP contribution in [0.25, 0.3) is 0 Å². The minimum Gasteiger partial charge on any atom is -0.492 e. The molecule has 7 heteroatoms. The maximum atomic E-state index is 13.1. The zero-order valence-electron chi connectivity index (χ0n) is 13.8. The quantitative estimate of drug-likeness (QED) is 0.729. The highest BCUT2D eigenvalue weighted by molar-refractivity contribution is 6.39. The van der Waals surface area contributed by atoms with Gasteiger partial charge in [-0.3, -0.25) is 9.69 Å². The minimum atomic E-state index is -0.346. The molecular formula is C18H19Cl2FN2O2. The monoisotopic (exact) mass is 384 g/mol. The number of carbonyl (C=O) groups is 1. The lowest BCUT2D eigenvalue weighted by atomic mass is 10.3. The summed E-state index contributed by atoms with van der Waals surface area (Å²) in [4.78, 5) is 14.1. The third-order valence-electron chi connectivity index (χ3n) is 3.51. The molecule has 0 saturated carbocycles. The minimum absolute atomic E-state index is 0.171. The van der Waals surface area contributed by atoms with Crippen molar-refractivity contribution in [2.24, 2.45) is 0 Å². The van der Waals surface area contributed by atoms with Crippen LogP contribution in [0.5, 0.6) is 5.75 Å². The summed E-state index contributed by atoms with van der Waals surface area (Å²) in [6.07, 6.45) is 0. The number of anilines is 1. The van der Waals surface area contributed by atoms with Gasteiger partial charge in [-0.05, 0) is 30.8 Å². The fraction of sp³-hybridized carbons (Fsp3) is 0.278. The van der Waals surface area contributed by atoms with Gasteiger partial charge in [-0.1, -0.05) is 42.3 Å². The molecule has 0 aromatic heterocycles. The number of para-hydroxylation sites is 1. The Morgan fingerprint density at radius 2 is 1.88 bits per heavy atom. The van der Waals surface area contributed by atoms with Gasteiger partial charge in [0.05, 0.1) is 22.3 Å². The predicted molar refractivity (Wildman–Crippen MR) is 99.1 cm³/mol. The van der Waals surface area contributed by atoms with Crippen LogP contribution in [0, 0.1) is 5.82 Å². The third kappa shape index (κ3) is 6.20. The van der Waals surface area contributed by atoms with Crippen molar-refractivity contribution in [3.63, 3.8) is 0 Å². The number of carbonyl (C=O) groups excluding carboxylic acids is 1. The number of rotatable bonds is 8. The van der Waals surface area contributed by atoms with E-state index in [4.69, 9.17) is 27.9 Å². The second kappa shape index (κ2) is 9.61. The van der Waals surface area contributed by atoms with Crippen LogP contribution >= 0.6 is 23.2 Å². The number of nitrogens with zero attached hydrogens (tertiary/aromatic N) is 1. The Morgan fingerprint density at radius 1 is 1.20 bits per heavy atom. The molecule has 0 bridgehead atoms. The van der Waals surface area contributed by atoms with E-state index in [1.54, 1.807) is 30.3 Å². The predicted octanol–water partition coefficient (Wildman–Crippen LogP) is 4.47. The molecule has 0 heterocycles. The first-order valence-electron chi connectivity index (χ1n) is 7.84. The Bertz CT molecular complexity index is 708. The first kappa shape index (κ1) is 19.5. The summed E-state index contributed by atoms with van der Waals surface area (Å²) >= 11 is 12.1. The van der Waals surface area contributed by atoms with Crippen molar-refractivity contribution in [2.45, 2.75) is 6.92 Å². The molecule has 134 valence electrons. The lowest BCUT2D eigenvalue weighted by Gasteiger charge is -2.20. The van der Waals surface area contributed by atoms with E-state index in [2.05, 4.69) is 5.32 Å². The molecule has 0 aliphatic heterocycles. The summed E-state index contributed by atoms with van der Waals surface area (Å²) < 4.78 is 18.6. The summed E-state index contributed by atoms with van der Waals surface area (Å²) in [6.45, 7) is 3.65. The number of likely N-dealkylation sites (N-methyl/N-ethyl adjacent to an activating group) is 1. The highest BCUT2D eigenvalue weighted by Gasteiger charge is 2.13. The van der Waals surface area contributed by atoms with Gasteiger partial charge in [0, 0.05) is 12.6 Å². The van der Waals surface area contributed by atoms with Crippen molar-refractivity contribution in [2.75, 3.05) is 31.6 Å². The van der Waals surface area contributed by atoms with Gasteiger partial charge in [-0.15, -0.1) is 0 Å². The summed E-state index contributed by atoms with van der Waals surface area (Å²) in [5.74, 6) is -0.105. The van der Waals surface area contributed by atoms with E-state index in [1.165, 1.54) is 12.1 Å². The normalized spacial score (nSPS) is 10.8. The number of benzene rings is 2. The molecule has 4 nitrogen and oxygen atoms in total. The van der Waals surface area contributed by atoms with Gasteiger partial charge in [-0.25, -0.2) is 4.39 Å². The van der Waals surface area contributed by atoms with Crippen molar-refractivity contribution in [1.82, 2.24) is 4.90 Å². The van der Waals surface area contributed by atoms with E-state index >= 15 is 0 Å². The maximum absolute atomic E-state index is 13.1. The van der Waals surface area contributed by atoms with Crippen LogP contribution < -0.4 is 10.1 Å². The van der Waals surface area contributed by atoms with Gasteiger partial charge in [0.1, 0.15) is 18.2 Å². The molecule has 0 fully saturated rings. The molecular weight excluding hydrogens is 366 g/mol. The van der Waals surface area contributed by atoms with Crippen LogP contribution in [0.3, 0.4) is 0 Å². The van der Waals surface area contributed by atoms with E-state index in [-0.39, 0.29) is 18.3 Å². The Labute approximate surface area is 156 Å². The van der Waals surface area contributed by atoms with Crippen LogP contribution in [0.4, 0.5) is 10.1 Å². The summed E-state index contributed by atoms with van der Waals surface area (Å²) in [6, 6.07) is 11.0. The van der Waals surface area contributed by atoms with Gasteiger partial charge in [0.15, 0.2) is 0 Å². The van der Waals surface area contributed by atoms with E-state index in [0.717, 1.165) is 0 Å². The van der Waals surface area contributed by atoms with Gasteiger partial charge >= 0.3 is 0 Å². The molecule has 1 amide bonds. The average Bonchev–Trinajstić information content (AvgIpc) is 2.57. The lowest BCUT2D eigenvalue weighted by molar-refractivity contribution is -0.117. The zero-order valence-corrected chi connectivity index (χ0v) is 15.3. The molecule has 2 rings (SSSR count). The lowest BCUT2D eigenvalue weighted by Crippen LogP contribution is -2.36. The van der Waals surface area contributed by atoms with Crippen LogP contribution in [0.1, 0.15) is 6.92 Å². The second-order valence-corrected chi connectivity index (χ2v) is 6.13. The molecule has 0 atom stereocenters. The Balaban J connectivity index is 1.83. The fourth-order valence-corrected chi connectivity index (χ4v) is 2.69. The summed E-state index contributed by atoms with van der Waals surface area (Å²) in [7, 11) is 0. The average molecular weight is 385 g/mol. The number of hydrogen-bond acceptors (Lipinski definition) is 3. The van der Waals surface area contributed by atoms with E-state index in [0.29, 0.717) is 41.2 Å².